The summed E-state index contributed by atoms with van der Waals surface area (Å²) in [5.41, 5.74) is 0.809. The number of fused-ring (bicyclic) bond motifs is 1. The quantitative estimate of drug-likeness (QED) is 0.365. The number of hydrogen-bond acceptors (Lipinski definition) is 7. The molecule has 0 saturated carbocycles. The zero-order chi connectivity index (χ0) is 24.2. The van der Waals surface area contributed by atoms with Crippen molar-refractivity contribution >= 4 is 51.6 Å². The number of hydrogen-bond donors (Lipinski definition) is 1. The number of carbonyl (C=O) groups excluding carboxylic acids is 4. The maximum atomic E-state index is 12.7. The minimum absolute atomic E-state index is 0.0411. The number of rotatable bonds is 8. The summed E-state index contributed by atoms with van der Waals surface area (Å²) in [6, 6.07) is 14.6. The number of anilines is 1. The second-order valence-corrected chi connectivity index (χ2v) is 8.78. The number of nitrogens with one attached hydrogen (secondary N) is 1. The van der Waals surface area contributed by atoms with Crippen LogP contribution >= 0.6 is 22.9 Å². The fraction of sp³-hybridized carbons (Fsp3) is 0.167. The van der Waals surface area contributed by atoms with Gasteiger partial charge in [-0.05, 0) is 49.4 Å². The molecule has 0 bridgehead atoms. The van der Waals surface area contributed by atoms with Gasteiger partial charge in [-0.2, -0.15) is 0 Å². The predicted molar refractivity (Wildman–Crippen MR) is 126 cm³/mol. The van der Waals surface area contributed by atoms with E-state index in [4.69, 9.17) is 21.1 Å². The van der Waals surface area contributed by atoms with Crippen molar-refractivity contribution in [3.63, 3.8) is 0 Å². The van der Waals surface area contributed by atoms with Gasteiger partial charge in [0.15, 0.2) is 6.61 Å². The smallest absolute Gasteiger partial charge is 0.341 e. The van der Waals surface area contributed by atoms with Crippen molar-refractivity contribution in [1.82, 2.24) is 4.90 Å². The molecule has 2 heterocycles. The van der Waals surface area contributed by atoms with Crippen LogP contribution in [0.4, 0.5) is 5.00 Å². The van der Waals surface area contributed by atoms with Crippen LogP contribution in [-0.4, -0.2) is 41.8 Å². The first-order valence-corrected chi connectivity index (χ1v) is 11.5. The molecule has 0 atom stereocenters. The molecular weight excluding hydrogens is 480 g/mol. The zero-order valence-corrected chi connectivity index (χ0v) is 19.6. The molecule has 3 aromatic rings. The Bertz CT molecular complexity index is 1240. The molecule has 1 aliphatic rings. The zero-order valence-electron chi connectivity index (χ0n) is 18.0. The van der Waals surface area contributed by atoms with Gasteiger partial charge >= 0.3 is 5.97 Å². The lowest BCUT2D eigenvalue weighted by atomic mass is 10.1. The number of thiophene rings is 1. The van der Waals surface area contributed by atoms with Gasteiger partial charge < -0.3 is 14.8 Å². The molecule has 1 N–H and O–H groups in total. The molecule has 34 heavy (non-hydrogen) atoms. The standard InChI is InChI=1S/C24H19ClN2O6S/c1-2-32-24(31)19-11-16(12-27-22(29)17-5-3-4-6-18(17)23(27)30)34-21(19)26-20(28)13-33-15-9-7-14(25)8-10-15/h3-11H,2,12-13H2,1H3,(H,26,28). The second-order valence-electron chi connectivity index (χ2n) is 7.21. The van der Waals surface area contributed by atoms with Crippen molar-refractivity contribution < 1.29 is 28.7 Å². The molecule has 0 saturated heterocycles. The first-order valence-electron chi connectivity index (χ1n) is 10.3. The molecule has 3 amide bonds. The molecule has 8 nitrogen and oxygen atoms in total. The van der Waals surface area contributed by atoms with Gasteiger partial charge in [-0.3, -0.25) is 19.3 Å². The third-order valence-electron chi connectivity index (χ3n) is 4.91. The maximum absolute atomic E-state index is 12.7. The topological polar surface area (TPSA) is 102 Å². The van der Waals surface area contributed by atoms with E-state index in [-0.39, 0.29) is 30.3 Å². The molecule has 4 rings (SSSR count). The van der Waals surface area contributed by atoms with Gasteiger partial charge in [-0.1, -0.05) is 23.7 Å². The highest BCUT2D eigenvalue weighted by molar-refractivity contribution is 7.16. The normalized spacial score (nSPS) is 12.5. The highest BCUT2D eigenvalue weighted by Gasteiger charge is 2.35. The van der Waals surface area contributed by atoms with E-state index in [1.54, 1.807) is 55.5 Å². The molecule has 0 unspecified atom stereocenters. The van der Waals surface area contributed by atoms with Gasteiger partial charge in [0.05, 0.1) is 29.8 Å². The molecule has 0 aliphatic carbocycles. The van der Waals surface area contributed by atoms with Crippen molar-refractivity contribution in [3.05, 3.63) is 81.2 Å². The Morgan fingerprint density at radius 1 is 1.03 bits per heavy atom. The van der Waals surface area contributed by atoms with Crippen LogP contribution in [0.1, 0.15) is 42.9 Å². The van der Waals surface area contributed by atoms with Crippen LogP contribution in [0.2, 0.25) is 5.02 Å². The number of esters is 1. The Labute approximate surface area is 204 Å². The third kappa shape index (κ3) is 4.95. The van der Waals surface area contributed by atoms with E-state index in [1.807, 2.05) is 0 Å². The van der Waals surface area contributed by atoms with Crippen LogP contribution < -0.4 is 10.1 Å². The molecule has 0 radical (unpaired) electrons. The summed E-state index contributed by atoms with van der Waals surface area (Å²) < 4.78 is 10.5. The van der Waals surface area contributed by atoms with E-state index < -0.39 is 23.7 Å². The minimum atomic E-state index is -0.624. The molecular formula is C24H19ClN2O6S. The highest BCUT2D eigenvalue weighted by atomic mass is 35.5. The first kappa shape index (κ1) is 23.5. The molecule has 2 aromatic carbocycles. The summed E-state index contributed by atoms with van der Waals surface area (Å²) in [7, 11) is 0. The Morgan fingerprint density at radius 2 is 1.68 bits per heavy atom. The summed E-state index contributed by atoms with van der Waals surface area (Å²) in [5, 5.41) is 3.44. The Balaban J connectivity index is 1.50. The second kappa shape index (κ2) is 10.1. The average molecular weight is 499 g/mol. The van der Waals surface area contributed by atoms with Gasteiger partial charge in [0.2, 0.25) is 0 Å². The van der Waals surface area contributed by atoms with Crippen molar-refractivity contribution in [1.29, 1.82) is 0 Å². The van der Waals surface area contributed by atoms with Crippen LogP contribution in [0.15, 0.2) is 54.6 Å². The van der Waals surface area contributed by atoms with E-state index in [0.717, 1.165) is 16.2 Å². The number of carbonyl (C=O) groups is 4. The van der Waals surface area contributed by atoms with Gasteiger partial charge in [-0.25, -0.2) is 4.79 Å². The molecule has 10 heteroatoms. The molecule has 0 spiro atoms. The number of nitrogens with zero attached hydrogens (tertiary/aromatic N) is 1. The summed E-state index contributed by atoms with van der Waals surface area (Å²) in [4.78, 5) is 51.9. The Kier molecular flexibility index (Phi) is 6.95. The predicted octanol–water partition coefficient (Wildman–Crippen LogP) is 4.39. The van der Waals surface area contributed by atoms with Gasteiger partial charge in [0, 0.05) is 9.90 Å². The first-order chi connectivity index (χ1) is 16.4. The van der Waals surface area contributed by atoms with Crippen LogP contribution in [-0.2, 0) is 16.1 Å². The monoisotopic (exact) mass is 498 g/mol. The molecule has 0 fully saturated rings. The van der Waals surface area contributed by atoms with Crippen LogP contribution in [0.25, 0.3) is 0 Å². The molecule has 174 valence electrons. The summed E-state index contributed by atoms with van der Waals surface area (Å²) in [6.45, 7) is 1.48. The van der Waals surface area contributed by atoms with Gasteiger partial charge in [0.25, 0.3) is 17.7 Å². The van der Waals surface area contributed by atoms with Crippen LogP contribution in [0, 0.1) is 0 Å². The largest absolute Gasteiger partial charge is 0.484 e. The van der Waals surface area contributed by atoms with Gasteiger partial charge in [-0.15, -0.1) is 11.3 Å². The molecule has 1 aliphatic heterocycles. The van der Waals surface area contributed by atoms with Crippen LogP contribution in [0.5, 0.6) is 5.75 Å². The van der Waals surface area contributed by atoms with Crippen molar-refractivity contribution in [2.75, 3.05) is 18.5 Å². The van der Waals surface area contributed by atoms with Crippen LogP contribution in [0.3, 0.4) is 0 Å². The summed E-state index contributed by atoms with van der Waals surface area (Å²) in [6.07, 6.45) is 0. The average Bonchev–Trinajstić information content (AvgIpc) is 3.33. The van der Waals surface area contributed by atoms with Crippen molar-refractivity contribution in [3.8, 4) is 5.75 Å². The number of halogens is 1. The SMILES string of the molecule is CCOC(=O)c1cc(CN2C(=O)c3ccccc3C2=O)sc1NC(=O)COc1ccc(Cl)cc1. The number of benzene rings is 2. The summed E-state index contributed by atoms with van der Waals surface area (Å²) >= 11 is 6.92. The highest BCUT2D eigenvalue weighted by Crippen LogP contribution is 2.32. The van der Waals surface area contributed by atoms with E-state index in [9.17, 15) is 19.2 Å². The van der Waals surface area contributed by atoms with Gasteiger partial charge in [0.1, 0.15) is 10.8 Å². The Hall–Kier alpha value is -3.69. The summed E-state index contributed by atoms with van der Waals surface area (Å²) in [5.74, 6) is -1.47. The van der Waals surface area contributed by atoms with Crippen molar-refractivity contribution in [2.24, 2.45) is 0 Å². The van der Waals surface area contributed by atoms with E-state index in [2.05, 4.69) is 5.32 Å². The molecule has 1 aromatic heterocycles. The van der Waals surface area contributed by atoms with Crippen molar-refractivity contribution in [2.45, 2.75) is 13.5 Å². The lowest BCUT2D eigenvalue weighted by Gasteiger charge is -2.12. The Morgan fingerprint density at radius 3 is 2.29 bits per heavy atom. The minimum Gasteiger partial charge on any atom is -0.484 e. The maximum Gasteiger partial charge on any atom is 0.341 e. The van der Waals surface area contributed by atoms with E-state index in [0.29, 0.717) is 26.8 Å². The fourth-order valence-electron chi connectivity index (χ4n) is 3.35. The number of amides is 3. The lowest BCUT2D eigenvalue weighted by Crippen LogP contribution is -2.28. The van der Waals surface area contributed by atoms with E-state index in [1.165, 1.54) is 6.07 Å². The number of ether oxygens (including phenoxy) is 2. The number of imide groups is 1. The fourth-order valence-corrected chi connectivity index (χ4v) is 4.53. The van der Waals surface area contributed by atoms with E-state index >= 15 is 0 Å². The lowest BCUT2D eigenvalue weighted by molar-refractivity contribution is -0.118. The third-order valence-corrected chi connectivity index (χ3v) is 6.19.